The van der Waals surface area contributed by atoms with Crippen LogP contribution in [0.15, 0.2) is 52.9 Å². The summed E-state index contributed by atoms with van der Waals surface area (Å²) in [5.41, 5.74) is -0.729. The highest BCUT2D eigenvalue weighted by atomic mass is 32.2. The lowest BCUT2D eigenvalue weighted by atomic mass is 10.2. The Kier molecular flexibility index (Phi) is 5.67. The summed E-state index contributed by atoms with van der Waals surface area (Å²) in [6.45, 7) is 0. The van der Waals surface area contributed by atoms with Crippen molar-refractivity contribution in [1.82, 2.24) is 4.98 Å². The van der Waals surface area contributed by atoms with Crippen molar-refractivity contribution in [2.45, 2.75) is 11.4 Å². The monoisotopic (exact) mass is 462 g/mol. The van der Waals surface area contributed by atoms with Gasteiger partial charge in [0.15, 0.2) is 10.8 Å². The third kappa shape index (κ3) is 5.04. The molecule has 0 aliphatic carbocycles. The molecule has 0 fully saturated rings. The highest BCUT2D eigenvalue weighted by Crippen LogP contribution is 2.34. The Morgan fingerprint density at radius 3 is 2.40 bits per heavy atom. The van der Waals surface area contributed by atoms with E-state index >= 15 is 0 Å². The van der Waals surface area contributed by atoms with Gasteiger partial charge in [-0.25, -0.2) is 14.2 Å². The number of anilines is 1. The molecular formula is C17H10F4N2O5S2. The fourth-order valence-corrected chi connectivity index (χ4v) is 4.42. The quantitative estimate of drug-likeness (QED) is 0.528. The van der Waals surface area contributed by atoms with E-state index < -0.39 is 50.2 Å². The van der Waals surface area contributed by atoms with Gasteiger partial charge in [0.2, 0.25) is 0 Å². The van der Waals surface area contributed by atoms with Gasteiger partial charge in [0.05, 0.1) is 11.3 Å². The second kappa shape index (κ2) is 7.91. The number of rotatable bonds is 6. The summed E-state index contributed by atoms with van der Waals surface area (Å²) in [6, 6.07) is 7.38. The summed E-state index contributed by atoms with van der Waals surface area (Å²) in [4.78, 5) is 14.9. The van der Waals surface area contributed by atoms with Gasteiger partial charge in [0.25, 0.3) is 10.0 Å². The van der Waals surface area contributed by atoms with Crippen molar-refractivity contribution in [3.8, 4) is 16.3 Å². The molecule has 0 bridgehead atoms. The molecule has 0 atom stereocenters. The van der Waals surface area contributed by atoms with Crippen molar-refractivity contribution in [3.05, 3.63) is 59.2 Å². The van der Waals surface area contributed by atoms with Crippen LogP contribution >= 0.6 is 11.3 Å². The van der Waals surface area contributed by atoms with Crippen molar-refractivity contribution in [2.24, 2.45) is 0 Å². The van der Waals surface area contributed by atoms with Crippen molar-refractivity contribution in [3.63, 3.8) is 0 Å². The number of aromatic carboxylic acids is 1. The molecule has 1 heterocycles. The van der Waals surface area contributed by atoms with E-state index in [0.717, 1.165) is 41.0 Å². The number of hydrogen-bond donors (Lipinski definition) is 2. The zero-order valence-electron chi connectivity index (χ0n) is 14.5. The van der Waals surface area contributed by atoms with E-state index in [2.05, 4.69) is 9.72 Å². The van der Waals surface area contributed by atoms with Crippen LogP contribution < -0.4 is 9.46 Å². The number of carboxylic acid groups (broad SMARTS) is 1. The number of nitrogens with one attached hydrogen (secondary N) is 1. The maximum atomic E-state index is 13.0. The highest BCUT2D eigenvalue weighted by Gasteiger charge is 2.33. The molecule has 0 aliphatic rings. The standard InChI is InChI=1S/C17H10F4N2O5S2/c18-11-4-1-9(2-5-11)15-22-14(8-29-15)30(26,27)23-12-6-3-10(16(24)25)7-13(12)28-17(19,20)21/h1-8,23H,(H,24,25). The first kappa shape index (κ1) is 21.5. The summed E-state index contributed by atoms with van der Waals surface area (Å²) >= 11 is 0.925. The Balaban J connectivity index is 1.93. The lowest BCUT2D eigenvalue weighted by molar-refractivity contribution is -0.274. The van der Waals surface area contributed by atoms with Crippen LogP contribution in [0.25, 0.3) is 10.6 Å². The average Bonchev–Trinajstić information content (AvgIpc) is 3.13. The van der Waals surface area contributed by atoms with Crippen LogP contribution in [0.4, 0.5) is 23.2 Å². The SMILES string of the molecule is O=C(O)c1ccc(NS(=O)(=O)c2csc(-c3ccc(F)cc3)n2)c(OC(F)(F)F)c1. The van der Waals surface area contributed by atoms with Gasteiger partial charge in [-0.3, -0.25) is 4.72 Å². The summed E-state index contributed by atoms with van der Waals surface area (Å²) in [5.74, 6) is -3.06. The van der Waals surface area contributed by atoms with E-state index in [1.165, 1.54) is 12.1 Å². The molecule has 0 aliphatic heterocycles. The van der Waals surface area contributed by atoms with Gasteiger partial charge in [-0.15, -0.1) is 24.5 Å². The first-order valence-corrected chi connectivity index (χ1v) is 10.2. The predicted molar refractivity (Wildman–Crippen MR) is 98.4 cm³/mol. The van der Waals surface area contributed by atoms with E-state index in [0.29, 0.717) is 11.6 Å². The van der Waals surface area contributed by atoms with Crippen LogP contribution in [0.3, 0.4) is 0 Å². The molecule has 0 unspecified atom stereocenters. The molecule has 2 N–H and O–H groups in total. The molecule has 0 radical (unpaired) electrons. The topological polar surface area (TPSA) is 106 Å². The van der Waals surface area contributed by atoms with E-state index in [1.54, 1.807) is 0 Å². The number of sulfonamides is 1. The van der Waals surface area contributed by atoms with Gasteiger partial charge in [-0.2, -0.15) is 8.42 Å². The number of ether oxygens (including phenoxy) is 1. The van der Waals surface area contributed by atoms with Crippen LogP contribution in [0.1, 0.15) is 10.4 Å². The van der Waals surface area contributed by atoms with Crippen LogP contribution in [0.2, 0.25) is 0 Å². The van der Waals surface area contributed by atoms with Gasteiger partial charge in [0, 0.05) is 10.9 Å². The van der Waals surface area contributed by atoms with Crippen molar-refractivity contribution < 1.29 is 40.6 Å². The molecule has 7 nitrogen and oxygen atoms in total. The normalized spacial score (nSPS) is 11.9. The lowest BCUT2D eigenvalue weighted by Gasteiger charge is -2.15. The number of aromatic nitrogens is 1. The molecule has 2 aromatic carbocycles. The van der Waals surface area contributed by atoms with Gasteiger partial charge in [0.1, 0.15) is 10.8 Å². The minimum absolute atomic E-state index is 0.239. The minimum Gasteiger partial charge on any atom is -0.478 e. The van der Waals surface area contributed by atoms with Crippen LogP contribution in [-0.2, 0) is 10.0 Å². The second-order valence-corrected chi connectivity index (χ2v) is 8.15. The smallest absolute Gasteiger partial charge is 0.478 e. The number of benzene rings is 2. The van der Waals surface area contributed by atoms with E-state index in [1.807, 2.05) is 4.72 Å². The second-order valence-electron chi connectivity index (χ2n) is 5.67. The summed E-state index contributed by atoms with van der Waals surface area (Å²) in [5, 5.41) is 9.83. The molecule has 0 amide bonds. The van der Waals surface area contributed by atoms with Crippen LogP contribution in [-0.4, -0.2) is 30.8 Å². The molecule has 0 saturated heterocycles. The summed E-state index contributed by atoms with van der Waals surface area (Å²) < 4.78 is 81.7. The maximum absolute atomic E-state index is 13.0. The molecule has 3 rings (SSSR count). The molecule has 30 heavy (non-hydrogen) atoms. The number of carbonyl (C=O) groups is 1. The Labute approximate surface area is 170 Å². The molecule has 0 saturated carbocycles. The third-order valence-electron chi connectivity index (χ3n) is 3.55. The summed E-state index contributed by atoms with van der Waals surface area (Å²) in [6.07, 6.45) is -5.19. The Morgan fingerprint density at radius 2 is 1.80 bits per heavy atom. The van der Waals surface area contributed by atoms with Gasteiger partial charge in [-0.05, 0) is 42.5 Å². The number of nitrogens with zero attached hydrogens (tertiary/aromatic N) is 1. The van der Waals surface area contributed by atoms with Crippen LogP contribution in [0, 0.1) is 5.82 Å². The number of alkyl halides is 3. The van der Waals surface area contributed by atoms with Crippen molar-refractivity contribution in [1.29, 1.82) is 0 Å². The average molecular weight is 462 g/mol. The number of carboxylic acids is 1. The first-order valence-electron chi connectivity index (χ1n) is 7.82. The molecule has 3 aromatic rings. The minimum atomic E-state index is -5.19. The summed E-state index contributed by atoms with van der Waals surface area (Å²) in [7, 11) is -4.44. The molecule has 0 spiro atoms. The van der Waals surface area contributed by atoms with Gasteiger partial charge < -0.3 is 9.84 Å². The molecule has 1 aromatic heterocycles. The Hall–Kier alpha value is -3.19. The lowest BCUT2D eigenvalue weighted by Crippen LogP contribution is -2.20. The first-order chi connectivity index (χ1) is 13.9. The predicted octanol–water partition coefficient (Wildman–Crippen LogP) is 4.35. The largest absolute Gasteiger partial charge is 0.573 e. The molecular weight excluding hydrogens is 452 g/mol. The number of hydrogen-bond acceptors (Lipinski definition) is 6. The van der Waals surface area contributed by atoms with Crippen LogP contribution in [0.5, 0.6) is 5.75 Å². The highest BCUT2D eigenvalue weighted by molar-refractivity contribution is 7.92. The van der Waals surface area contributed by atoms with Gasteiger partial charge >= 0.3 is 12.3 Å². The maximum Gasteiger partial charge on any atom is 0.573 e. The third-order valence-corrected chi connectivity index (χ3v) is 5.84. The molecule has 13 heteroatoms. The number of halogens is 4. The zero-order chi connectivity index (χ0) is 22.1. The van der Waals surface area contributed by atoms with Crippen molar-refractivity contribution >= 4 is 33.0 Å². The Bertz CT molecular complexity index is 1190. The van der Waals surface area contributed by atoms with Crippen molar-refractivity contribution in [2.75, 3.05) is 4.72 Å². The fourth-order valence-electron chi connectivity index (χ4n) is 2.25. The zero-order valence-corrected chi connectivity index (χ0v) is 16.1. The molecule has 158 valence electrons. The van der Waals surface area contributed by atoms with Gasteiger partial charge in [-0.1, -0.05) is 0 Å². The Morgan fingerprint density at radius 1 is 1.13 bits per heavy atom. The fraction of sp³-hybridized carbons (Fsp3) is 0.0588. The van der Waals surface area contributed by atoms with E-state index in [-0.39, 0.29) is 5.01 Å². The van der Waals surface area contributed by atoms with E-state index in [4.69, 9.17) is 5.11 Å². The van der Waals surface area contributed by atoms with E-state index in [9.17, 15) is 30.8 Å². The number of thiazole rings is 1.